The number of likely N-dealkylation sites (N-methyl/N-ethyl adjacent to an activating group) is 1. The Balaban J connectivity index is 2.58. The Kier molecular flexibility index (Phi) is 5.43. The van der Waals surface area contributed by atoms with Crippen LogP contribution in [-0.2, 0) is 4.74 Å². The largest absolute Gasteiger partial charge is 0.414 e. The first-order valence-corrected chi connectivity index (χ1v) is 6.41. The van der Waals surface area contributed by atoms with Gasteiger partial charge in [0.1, 0.15) is 0 Å². The molecule has 0 saturated heterocycles. The van der Waals surface area contributed by atoms with Gasteiger partial charge in [-0.05, 0) is 39.2 Å². The van der Waals surface area contributed by atoms with E-state index in [-0.39, 0.29) is 6.61 Å². The molecule has 1 saturated carbocycles. The third-order valence-electron chi connectivity index (χ3n) is 3.51. The topological polar surface area (TPSA) is 41.5 Å². The lowest BCUT2D eigenvalue weighted by atomic mass is 9.80. The molecule has 1 aliphatic rings. The maximum atomic E-state index is 12.4. The molecule has 0 amide bonds. The summed E-state index contributed by atoms with van der Waals surface area (Å²) in [7, 11) is 0. The van der Waals surface area contributed by atoms with Crippen LogP contribution in [0.3, 0.4) is 0 Å². The van der Waals surface area contributed by atoms with E-state index in [2.05, 4.69) is 5.32 Å². The van der Waals surface area contributed by atoms with E-state index in [1.54, 1.807) is 0 Å². The standard InChI is InChI=1S/C12H22F3NO2/c1-3-16-11(8-17)6-4-5-10(7-11)18-9(2)12(13,14)15/h9-10,16-17H,3-8H2,1-2H3. The molecule has 1 rings (SSSR count). The molecule has 0 bridgehead atoms. The molecule has 0 aromatic heterocycles. The van der Waals surface area contributed by atoms with Gasteiger partial charge in [-0.15, -0.1) is 0 Å². The Morgan fingerprint density at radius 1 is 1.50 bits per heavy atom. The molecule has 0 radical (unpaired) electrons. The Labute approximate surface area is 106 Å². The first-order chi connectivity index (χ1) is 8.33. The molecule has 3 atom stereocenters. The van der Waals surface area contributed by atoms with Crippen molar-refractivity contribution in [2.24, 2.45) is 0 Å². The summed E-state index contributed by atoms with van der Waals surface area (Å²) >= 11 is 0. The third kappa shape index (κ3) is 4.10. The number of aliphatic hydroxyl groups is 1. The van der Waals surface area contributed by atoms with Crippen molar-refractivity contribution < 1.29 is 23.0 Å². The third-order valence-corrected chi connectivity index (χ3v) is 3.51. The van der Waals surface area contributed by atoms with Crippen LogP contribution >= 0.6 is 0 Å². The molecule has 6 heteroatoms. The number of hydrogen-bond donors (Lipinski definition) is 2. The quantitative estimate of drug-likeness (QED) is 0.804. The zero-order valence-corrected chi connectivity index (χ0v) is 10.9. The van der Waals surface area contributed by atoms with Gasteiger partial charge in [-0.1, -0.05) is 6.92 Å². The molecular weight excluding hydrogens is 247 g/mol. The first-order valence-electron chi connectivity index (χ1n) is 6.41. The second-order valence-electron chi connectivity index (χ2n) is 5.01. The molecule has 1 aliphatic carbocycles. The number of halogens is 3. The SMILES string of the molecule is CCNC1(CO)CCCC(OC(C)C(F)(F)F)C1. The van der Waals surface area contributed by atoms with E-state index in [0.717, 1.165) is 19.8 Å². The van der Waals surface area contributed by atoms with E-state index >= 15 is 0 Å². The summed E-state index contributed by atoms with van der Waals surface area (Å²) in [4.78, 5) is 0. The molecule has 0 aromatic rings. The van der Waals surface area contributed by atoms with Crippen LogP contribution in [0.2, 0.25) is 0 Å². The lowest BCUT2D eigenvalue weighted by Gasteiger charge is -2.41. The Morgan fingerprint density at radius 3 is 2.67 bits per heavy atom. The predicted octanol–water partition coefficient (Wildman–Crippen LogP) is 2.24. The van der Waals surface area contributed by atoms with Gasteiger partial charge in [0.15, 0.2) is 6.10 Å². The van der Waals surface area contributed by atoms with Gasteiger partial charge in [0, 0.05) is 5.54 Å². The summed E-state index contributed by atoms with van der Waals surface area (Å²) in [5.41, 5.74) is -0.483. The fourth-order valence-corrected chi connectivity index (χ4v) is 2.53. The summed E-state index contributed by atoms with van der Waals surface area (Å²) in [5.74, 6) is 0. The van der Waals surface area contributed by atoms with Crippen LogP contribution in [0.4, 0.5) is 13.2 Å². The number of hydrogen-bond acceptors (Lipinski definition) is 3. The van der Waals surface area contributed by atoms with Crippen molar-refractivity contribution in [3.05, 3.63) is 0 Å². The molecule has 108 valence electrons. The number of alkyl halides is 3. The van der Waals surface area contributed by atoms with Gasteiger partial charge in [0.2, 0.25) is 0 Å². The molecule has 3 nitrogen and oxygen atoms in total. The van der Waals surface area contributed by atoms with Crippen LogP contribution in [-0.4, -0.2) is 42.2 Å². The lowest BCUT2D eigenvalue weighted by molar-refractivity contribution is -0.231. The van der Waals surface area contributed by atoms with Crippen LogP contribution in [0.15, 0.2) is 0 Å². The molecule has 18 heavy (non-hydrogen) atoms. The Morgan fingerprint density at radius 2 is 2.17 bits per heavy atom. The van der Waals surface area contributed by atoms with Crippen LogP contribution in [0.5, 0.6) is 0 Å². The summed E-state index contributed by atoms with van der Waals surface area (Å²) in [6.45, 7) is 3.56. The van der Waals surface area contributed by atoms with E-state index in [4.69, 9.17) is 4.74 Å². The van der Waals surface area contributed by atoms with Crippen molar-refractivity contribution in [2.45, 2.75) is 63.5 Å². The fraction of sp³-hybridized carbons (Fsp3) is 1.00. The highest BCUT2D eigenvalue weighted by Crippen LogP contribution is 2.33. The minimum Gasteiger partial charge on any atom is -0.394 e. The van der Waals surface area contributed by atoms with Crippen molar-refractivity contribution in [3.63, 3.8) is 0 Å². The number of rotatable bonds is 5. The molecule has 0 spiro atoms. The number of nitrogens with one attached hydrogen (secondary N) is 1. The average Bonchev–Trinajstić information content (AvgIpc) is 2.28. The second kappa shape index (κ2) is 6.21. The smallest absolute Gasteiger partial charge is 0.394 e. The summed E-state index contributed by atoms with van der Waals surface area (Å²) in [6, 6.07) is 0. The van der Waals surface area contributed by atoms with Gasteiger partial charge in [-0.2, -0.15) is 13.2 Å². The van der Waals surface area contributed by atoms with Crippen molar-refractivity contribution in [1.82, 2.24) is 5.32 Å². The zero-order chi connectivity index (χ0) is 13.8. The molecule has 1 fully saturated rings. The van der Waals surface area contributed by atoms with Crippen molar-refractivity contribution in [2.75, 3.05) is 13.2 Å². The van der Waals surface area contributed by atoms with Gasteiger partial charge in [0.05, 0.1) is 12.7 Å². The van der Waals surface area contributed by atoms with Crippen molar-refractivity contribution in [1.29, 1.82) is 0 Å². The minimum absolute atomic E-state index is 0.0684. The van der Waals surface area contributed by atoms with Gasteiger partial charge >= 0.3 is 6.18 Å². The highest BCUT2D eigenvalue weighted by Gasteiger charge is 2.41. The molecule has 2 N–H and O–H groups in total. The van der Waals surface area contributed by atoms with Gasteiger partial charge in [0.25, 0.3) is 0 Å². The summed E-state index contributed by atoms with van der Waals surface area (Å²) < 4.78 is 42.4. The zero-order valence-electron chi connectivity index (χ0n) is 10.9. The van der Waals surface area contributed by atoms with E-state index < -0.39 is 23.9 Å². The number of aliphatic hydroxyl groups excluding tert-OH is 1. The van der Waals surface area contributed by atoms with E-state index in [1.165, 1.54) is 0 Å². The van der Waals surface area contributed by atoms with E-state index in [9.17, 15) is 18.3 Å². The summed E-state index contributed by atoms with van der Waals surface area (Å²) in [6.07, 6.45) is -3.93. The average molecular weight is 269 g/mol. The normalized spacial score (nSPS) is 31.3. The van der Waals surface area contributed by atoms with E-state index in [1.807, 2.05) is 6.92 Å². The second-order valence-corrected chi connectivity index (χ2v) is 5.01. The molecule has 0 aromatic carbocycles. The van der Waals surface area contributed by atoms with Gasteiger partial charge in [-0.3, -0.25) is 0 Å². The maximum absolute atomic E-state index is 12.4. The van der Waals surface area contributed by atoms with Gasteiger partial charge in [-0.25, -0.2) is 0 Å². The molecular formula is C12H22F3NO2. The monoisotopic (exact) mass is 269 g/mol. The predicted molar refractivity (Wildman–Crippen MR) is 62.4 cm³/mol. The highest BCUT2D eigenvalue weighted by atomic mass is 19.4. The molecule has 0 aliphatic heterocycles. The first kappa shape index (κ1) is 15.7. The van der Waals surface area contributed by atoms with Crippen LogP contribution in [0.1, 0.15) is 39.5 Å². The van der Waals surface area contributed by atoms with Crippen LogP contribution in [0.25, 0.3) is 0 Å². The van der Waals surface area contributed by atoms with Crippen molar-refractivity contribution >= 4 is 0 Å². The Bertz CT molecular complexity index is 256. The maximum Gasteiger partial charge on any atom is 0.414 e. The lowest BCUT2D eigenvalue weighted by Crippen LogP contribution is -2.53. The van der Waals surface area contributed by atoms with E-state index in [0.29, 0.717) is 19.4 Å². The summed E-state index contributed by atoms with van der Waals surface area (Å²) in [5, 5.41) is 12.6. The van der Waals surface area contributed by atoms with Gasteiger partial charge < -0.3 is 15.2 Å². The molecule has 0 heterocycles. The fourth-order valence-electron chi connectivity index (χ4n) is 2.53. The Hall–Kier alpha value is -0.330. The van der Waals surface area contributed by atoms with Crippen LogP contribution < -0.4 is 5.32 Å². The minimum atomic E-state index is -4.32. The highest BCUT2D eigenvalue weighted by molar-refractivity contribution is 4.94. The van der Waals surface area contributed by atoms with Crippen molar-refractivity contribution in [3.8, 4) is 0 Å². The van der Waals surface area contributed by atoms with Crippen LogP contribution in [0, 0.1) is 0 Å². The number of ether oxygens (including phenoxy) is 1. The molecule has 3 unspecified atom stereocenters.